The first-order chi connectivity index (χ1) is 11.3. The number of ether oxygens (including phenoxy) is 1. The highest BCUT2D eigenvalue weighted by Crippen LogP contribution is 2.20. The maximum absolute atomic E-state index is 12.4. The summed E-state index contributed by atoms with van der Waals surface area (Å²) in [7, 11) is -3.58. The third kappa shape index (κ3) is 4.83. The third-order valence-electron chi connectivity index (χ3n) is 3.49. The van der Waals surface area contributed by atoms with Gasteiger partial charge in [0.25, 0.3) is 0 Å². The van der Waals surface area contributed by atoms with Crippen molar-refractivity contribution in [3.63, 3.8) is 0 Å². The Kier molecular flexibility index (Phi) is 5.62. The minimum absolute atomic E-state index is 0.129. The lowest BCUT2D eigenvalue weighted by Gasteiger charge is -2.12. The number of carbonyl (C=O) groups is 1. The standard InChI is InChI=1S/C18H21NO4S/c1-4-23-18(20)16-10-7-14(3)17(11-16)19-24(21,22)12-15-8-5-13(2)6-9-15/h5-11,19H,4,12H2,1-3H3. The number of hydrogen-bond acceptors (Lipinski definition) is 4. The van der Waals surface area contributed by atoms with Gasteiger partial charge in [-0.05, 0) is 44.0 Å². The van der Waals surface area contributed by atoms with Gasteiger partial charge in [-0.15, -0.1) is 0 Å². The van der Waals surface area contributed by atoms with E-state index in [9.17, 15) is 13.2 Å². The summed E-state index contributed by atoms with van der Waals surface area (Å²) in [6, 6.07) is 12.1. The van der Waals surface area contributed by atoms with Crippen LogP contribution in [0.5, 0.6) is 0 Å². The molecule has 0 bridgehead atoms. The Bertz CT molecular complexity index is 827. The van der Waals surface area contributed by atoms with Gasteiger partial charge in [0, 0.05) is 0 Å². The van der Waals surface area contributed by atoms with E-state index in [0.717, 1.165) is 11.1 Å². The molecular weight excluding hydrogens is 326 g/mol. The highest BCUT2D eigenvalue weighted by atomic mass is 32.2. The van der Waals surface area contributed by atoms with E-state index in [4.69, 9.17) is 4.74 Å². The van der Waals surface area contributed by atoms with Crippen LogP contribution in [0.1, 0.15) is 34.0 Å². The summed E-state index contributed by atoms with van der Waals surface area (Å²) in [6.45, 7) is 5.71. The lowest BCUT2D eigenvalue weighted by molar-refractivity contribution is 0.0526. The van der Waals surface area contributed by atoms with Gasteiger partial charge in [0.2, 0.25) is 10.0 Å². The Morgan fingerprint density at radius 3 is 2.38 bits per heavy atom. The molecule has 2 rings (SSSR count). The number of hydrogen-bond donors (Lipinski definition) is 1. The lowest BCUT2D eigenvalue weighted by Crippen LogP contribution is -2.16. The molecule has 5 nitrogen and oxygen atoms in total. The second-order valence-corrected chi connectivity index (χ2v) is 7.32. The van der Waals surface area contributed by atoms with E-state index in [1.165, 1.54) is 6.07 Å². The number of rotatable bonds is 6. The number of aryl methyl sites for hydroxylation is 2. The molecule has 0 unspecified atom stereocenters. The van der Waals surface area contributed by atoms with Crippen LogP contribution in [-0.2, 0) is 20.5 Å². The zero-order valence-electron chi connectivity index (χ0n) is 14.0. The molecule has 0 aliphatic carbocycles. The summed E-state index contributed by atoms with van der Waals surface area (Å²) in [5, 5.41) is 0. The Morgan fingerprint density at radius 1 is 1.08 bits per heavy atom. The van der Waals surface area contributed by atoms with Gasteiger partial charge in [-0.3, -0.25) is 4.72 Å². The van der Waals surface area contributed by atoms with E-state index in [2.05, 4.69) is 4.72 Å². The van der Waals surface area contributed by atoms with Crippen LogP contribution in [0.2, 0.25) is 0 Å². The molecule has 0 atom stereocenters. The number of carbonyl (C=O) groups excluding carboxylic acids is 1. The Balaban J connectivity index is 2.20. The highest BCUT2D eigenvalue weighted by molar-refractivity contribution is 7.91. The van der Waals surface area contributed by atoms with Crippen LogP contribution >= 0.6 is 0 Å². The summed E-state index contributed by atoms with van der Waals surface area (Å²) in [4.78, 5) is 11.8. The van der Waals surface area contributed by atoms with Crippen molar-refractivity contribution < 1.29 is 17.9 Å². The molecule has 24 heavy (non-hydrogen) atoms. The molecule has 6 heteroatoms. The molecule has 128 valence electrons. The van der Waals surface area contributed by atoms with Gasteiger partial charge < -0.3 is 4.74 Å². The van der Waals surface area contributed by atoms with Crippen molar-refractivity contribution in [2.75, 3.05) is 11.3 Å². The maximum atomic E-state index is 12.4. The van der Waals surface area contributed by atoms with Crippen LogP contribution in [0.15, 0.2) is 42.5 Å². The largest absolute Gasteiger partial charge is 0.462 e. The number of esters is 1. The molecule has 1 N–H and O–H groups in total. The maximum Gasteiger partial charge on any atom is 0.338 e. The summed E-state index contributed by atoms with van der Waals surface area (Å²) in [5.74, 6) is -0.604. The zero-order valence-corrected chi connectivity index (χ0v) is 14.8. The molecule has 0 amide bonds. The van der Waals surface area contributed by atoms with E-state index in [1.807, 2.05) is 19.1 Å². The number of nitrogens with one attached hydrogen (secondary N) is 1. The van der Waals surface area contributed by atoms with Crippen molar-refractivity contribution in [2.45, 2.75) is 26.5 Å². The van der Waals surface area contributed by atoms with E-state index in [-0.39, 0.29) is 12.4 Å². The lowest BCUT2D eigenvalue weighted by atomic mass is 10.1. The zero-order chi connectivity index (χ0) is 17.7. The van der Waals surface area contributed by atoms with Gasteiger partial charge in [-0.25, -0.2) is 13.2 Å². The SMILES string of the molecule is CCOC(=O)c1ccc(C)c(NS(=O)(=O)Cc2ccc(C)cc2)c1. The Hall–Kier alpha value is -2.34. The number of sulfonamides is 1. The summed E-state index contributed by atoms with van der Waals surface area (Å²) in [5.41, 5.74) is 3.20. The van der Waals surface area contributed by atoms with E-state index in [1.54, 1.807) is 38.1 Å². The minimum Gasteiger partial charge on any atom is -0.462 e. The normalized spacial score (nSPS) is 11.1. The Morgan fingerprint density at radius 2 is 1.75 bits per heavy atom. The van der Waals surface area contributed by atoms with Gasteiger partial charge in [0.15, 0.2) is 0 Å². The quantitative estimate of drug-likeness (QED) is 0.813. The third-order valence-corrected chi connectivity index (χ3v) is 4.74. The molecule has 0 heterocycles. The summed E-state index contributed by atoms with van der Waals surface area (Å²) in [6.07, 6.45) is 0. The molecule has 0 aliphatic rings. The second kappa shape index (κ2) is 7.49. The van der Waals surface area contributed by atoms with Crippen molar-refractivity contribution in [3.8, 4) is 0 Å². The first-order valence-electron chi connectivity index (χ1n) is 7.64. The average Bonchev–Trinajstić information content (AvgIpc) is 2.51. The van der Waals surface area contributed by atoms with Crippen molar-refractivity contribution in [2.24, 2.45) is 0 Å². The predicted octanol–water partition coefficient (Wildman–Crippen LogP) is 3.42. The fourth-order valence-electron chi connectivity index (χ4n) is 2.18. The smallest absolute Gasteiger partial charge is 0.338 e. The van der Waals surface area contributed by atoms with Crippen LogP contribution in [0.4, 0.5) is 5.69 Å². The van der Waals surface area contributed by atoms with Crippen molar-refractivity contribution >= 4 is 21.7 Å². The molecule has 0 fully saturated rings. The molecule has 2 aromatic rings. The molecule has 0 radical (unpaired) electrons. The fraction of sp³-hybridized carbons (Fsp3) is 0.278. The van der Waals surface area contributed by atoms with E-state index in [0.29, 0.717) is 16.8 Å². The summed E-state index contributed by atoms with van der Waals surface area (Å²) < 4.78 is 32.3. The second-order valence-electron chi connectivity index (χ2n) is 5.60. The fourth-order valence-corrected chi connectivity index (χ4v) is 3.44. The number of benzene rings is 2. The van der Waals surface area contributed by atoms with Gasteiger partial charge >= 0.3 is 5.97 Å². The van der Waals surface area contributed by atoms with Gasteiger partial charge in [-0.2, -0.15) is 0 Å². The van der Waals surface area contributed by atoms with Crippen LogP contribution in [-0.4, -0.2) is 21.0 Å². The topological polar surface area (TPSA) is 72.5 Å². The minimum atomic E-state index is -3.58. The molecule has 0 aromatic heterocycles. The van der Waals surface area contributed by atoms with E-state index >= 15 is 0 Å². The van der Waals surface area contributed by atoms with Crippen LogP contribution < -0.4 is 4.72 Å². The van der Waals surface area contributed by atoms with Gasteiger partial charge in [0.05, 0.1) is 23.6 Å². The van der Waals surface area contributed by atoms with Crippen LogP contribution in [0.3, 0.4) is 0 Å². The molecule has 0 spiro atoms. The van der Waals surface area contributed by atoms with Crippen molar-refractivity contribution in [1.29, 1.82) is 0 Å². The van der Waals surface area contributed by atoms with Gasteiger partial charge in [-0.1, -0.05) is 35.9 Å². The number of anilines is 1. The first-order valence-corrected chi connectivity index (χ1v) is 9.30. The summed E-state index contributed by atoms with van der Waals surface area (Å²) >= 11 is 0. The molecule has 2 aromatic carbocycles. The van der Waals surface area contributed by atoms with Crippen molar-refractivity contribution in [3.05, 3.63) is 64.7 Å². The van der Waals surface area contributed by atoms with E-state index < -0.39 is 16.0 Å². The molecule has 0 aliphatic heterocycles. The van der Waals surface area contributed by atoms with Gasteiger partial charge in [0.1, 0.15) is 0 Å². The average molecular weight is 347 g/mol. The molecule has 0 saturated carbocycles. The van der Waals surface area contributed by atoms with Crippen LogP contribution in [0, 0.1) is 13.8 Å². The molecular formula is C18H21NO4S. The van der Waals surface area contributed by atoms with Crippen LogP contribution in [0.25, 0.3) is 0 Å². The monoisotopic (exact) mass is 347 g/mol. The first kappa shape index (κ1) is 18.0. The van der Waals surface area contributed by atoms with Crippen molar-refractivity contribution in [1.82, 2.24) is 0 Å². The molecule has 0 saturated heterocycles. The predicted molar refractivity (Wildman–Crippen MR) is 94.6 cm³/mol. The highest BCUT2D eigenvalue weighted by Gasteiger charge is 2.15. The Labute approximate surface area is 142 Å².